The Labute approximate surface area is 138 Å². The highest BCUT2D eigenvalue weighted by molar-refractivity contribution is 7.11. The third-order valence-corrected chi connectivity index (χ3v) is 4.58. The van der Waals surface area contributed by atoms with Crippen LogP contribution in [-0.2, 0) is 16.0 Å². The molecular formula is C17H18N2O3S. The van der Waals surface area contributed by atoms with Gasteiger partial charge in [0.05, 0.1) is 5.69 Å². The molecule has 1 aliphatic rings. The molecule has 0 spiro atoms. The number of aryl methyl sites for hydroxylation is 2. The van der Waals surface area contributed by atoms with Crippen molar-refractivity contribution in [2.24, 2.45) is 0 Å². The van der Waals surface area contributed by atoms with E-state index in [4.69, 9.17) is 4.74 Å². The summed E-state index contributed by atoms with van der Waals surface area (Å²) in [6.07, 6.45) is 2.22. The maximum atomic E-state index is 12.0. The number of carbonyl (C=O) groups is 2. The normalized spacial score (nSPS) is 13.0. The number of thiophene rings is 1. The molecule has 1 aromatic carbocycles. The standard InChI is InChI=1S/C17H18N2O3S/c1-11-5-7-13(23-11)3-2-4-16(20)18-12-6-8-14-15(9-12)22-10-17(21)19-14/h5-9H,2-4,10H2,1H3,(H,18,20)(H,19,21). The van der Waals surface area contributed by atoms with E-state index in [-0.39, 0.29) is 18.4 Å². The Balaban J connectivity index is 1.50. The lowest BCUT2D eigenvalue weighted by atomic mass is 10.2. The van der Waals surface area contributed by atoms with Crippen LogP contribution >= 0.6 is 11.3 Å². The molecule has 0 fully saturated rings. The van der Waals surface area contributed by atoms with Crippen LogP contribution in [0.4, 0.5) is 11.4 Å². The molecule has 2 heterocycles. The average molecular weight is 330 g/mol. The molecule has 0 bridgehead atoms. The van der Waals surface area contributed by atoms with Gasteiger partial charge in [-0.3, -0.25) is 9.59 Å². The van der Waals surface area contributed by atoms with Crippen molar-refractivity contribution in [1.29, 1.82) is 0 Å². The zero-order valence-electron chi connectivity index (χ0n) is 12.8. The summed E-state index contributed by atoms with van der Waals surface area (Å²) in [7, 11) is 0. The van der Waals surface area contributed by atoms with Gasteiger partial charge in [-0.2, -0.15) is 0 Å². The van der Waals surface area contributed by atoms with Crippen molar-refractivity contribution in [3.8, 4) is 5.75 Å². The van der Waals surface area contributed by atoms with Crippen molar-refractivity contribution in [3.05, 3.63) is 40.1 Å². The summed E-state index contributed by atoms with van der Waals surface area (Å²) in [5.41, 5.74) is 1.31. The van der Waals surface area contributed by atoms with Crippen LogP contribution in [0.5, 0.6) is 5.75 Å². The number of hydrogen-bond acceptors (Lipinski definition) is 4. The van der Waals surface area contributed by atoms with E-state index in [0.717, 1.165) is 12.8 Å². The van der Waals surface area contributed by atoms with Gasteiger partial charge in [-0.15, -0.1) is 11.3 Å². The van der Waals surface area contributed by atoms with E-state index >= 15 is 0 Å². The number of anilines is 2. The first-order valence-electron chi connectivity index (χ1n) is 7.52. The summed E-state index contributed by atoms with van der Waals surface area (Å²) in [5.74, 6) is 0.396. The Morgan fingerprint density at radius 3 is 3.00 bits per heavy atom. The second-order valence-electron chi connectivity index (χ2n) is 5.46. The third kappa shape index (κ3) is 4.10. The monoisotopic (exact) mass is 330 g/mol. The van der Waals surface area contributed by atoms with Crippen LogP contribution in [0, 0.1) is 6.92 Å². The van der Waals surface area contributed by atoms with E-state index in [1.165, 1.54) is 9.75 Å². The molecule has 1 aromatic heterocycles. The van der Waals surface area contributed by atoms with Gasteiger partial charge in [-0.25, -0.2) is 0 Å². The molecule has 0 saturated carbocycles. The number of ether oxygens (including phenoxy) is 1. The summed E-state index contributed by atoms with van der Waals surface area (Å²) in [4.78, 5) is 25.8. The van der Waals surface area contributed by atoms with Gasteiger partial charge in [0, 0.05) is 27.9 Å². The highest BCUT2D eigenvalue weighted by Gasteiger charge is 2.16. The first kappa shape index (κ1) is 15.6. The predicted octanol–water partition coefficient (Wildman–Crippen LogP) is 3.35. The van der Waals surface area contributed by atoms with Crippen molar-refractivity contribution in [3.63, 3.8) is 0 Å². The quantitative estimate of drug-likeness (QED) is 0.883. The summed E-state index contributed by atoms with van der Waals surface area (Å²) in [6.45, 7) is 2.09. The van der Waals surface area contributed by atoms with E-state index in [1.807, 2.05) is 0 Å². The lowest BCUT2D eigenvalue weighted by Crippen LogP contribution is -2.25. The fourth-order valence-corrected chi connectivity index (χ4v) is 3.35. The number of amides is 2. The van der Waals surface area contributed by atoms with Crippen LogP contribution in [0.2, 0.25) is 0 Å². The van der Waals surface area contributed by atoms with Gasteiger partial charge in [0.1, 0.15) is 5.75 Å². The molecule has 6 heteroatoms. The van der Waals surface area contributed by atoms with Gasteiger partial charge >= 0.3 is 0 Å². The van der Waals surface area contributed by atoms with E-state index in [1.54, 1.807) is 29.5 Å². The van der Waals surface area contributed by atoms with Gasteiger partial charge < -0.3 is 15.4 Å². The SMILES string of the molecule is Cc1ccc(CCCC(=O)Nc2ccc3c(c2)OCC(=O)N3)s1. The zero-order valence-corrected chi connectivity index (χ0v) is 13.7. The minimum atomic E-state index is -0.168. The van der Waals surface area contributed by atoms with Crippen LogP contribution < -0.4 is 15.4 Å². The molecule has 2 amide bonds. The summed E-state index contributed by atoms with van der Waals surface area (Å²) < 4.78 is 5.34. The van der Waals surface area contributed by atoms with Gasteiger partial charge in [-0.05, 0) is 44.0 Å². The zero-order chi connectivity index (χ0) is 16.2. The molecule has 0 aliphatic carbocycles. The lowest BCUT2D eigenvalue weighted by Gasteiger charge is -2.18. The number of hydrogen-bond donors (Lipinski definition) is 2. The van der Waals surface area contributed by atoms with Crippen LogP contribution in [0.1, 0.15) is 22.6 Å². The number of rotatable bonds is 5. The maximum absolute atomic E-state index is 12.0. The molecule has 2 aromatic rings. The van der Waals surface area contributed by atoms with Crippen LogP contribution in [0.25, 0.3) is 0 Å². The van der Waals surface area contributed by atoms with E-state index < -0.39 is 0 Å². The van der Waals surface area contributed by atoms with Crippen molar-refractivity contribution in [2.75, 3.05) is 17.2 Å². The smallest absolute Gasteiger partial charge is 0.262 e. The van der Waals surface area contributed by atoms with Crippen molar-refractivity contribution in [2.45, 2.75) is 26.2 Å². The van der Waals surface area contributed by atoms with Crippen molar-refractivity contribution < 1.29 is 14.3 Å². The van der Waals surface area contributed by atoms with Crippen LogP contribution in [-0.4, -0.2) is 18.4 Å². The van der Waals surface area contributed by atoms with Crippen LogP contribution in [0.3, 0.4) is 0 Å². The van der Waals surface area contributed by atoms with Gasteiger partial charge in [0.2, 0.25) is 5.91 Å². The molecule has 0 radical (unpaired) electrons. The van der Waals surface area contributed by atoms with Crippen molar-refractivity contribution in [1.82, 2.24) is 0 Å². The summed E-state index contributed by atoms with van der Waals surface area (Å²) >= 11 is 1.78. The molecule has 120 valence electrons. The molecular weight excluding hydrogens is 312 g/mol. The topological polar surface area (TPSA) is 67.4 Å². The fraction of sp³-hybridized carbons (Fsp3) is 0.294. The molecule has 5 nitrogen and oxygen atoms in total. The average Bonchev–Trinajstić information content (AvgIpc) is 2.93. The number of carbonyl (C=O) groups excluding carboxylic acids is 2. The number of nitrogens with one attached hydrogen (secondary N) is 2. The largest absolute Gasteiger partial charge is 0.482 e. The minimum Gasteiger partial charge on any atom is -0.482 e. The first-order chi connectivity index (χ1) is 11.1. The molecule has 1 aliphatic heterocycles. The molecule has 0 atom stereocenters. The Morgan fingerprint density at radius 2 is 2.22 bits per heavy atom. The first-order valence-corrected chi connectivity index (χ1v) is 8.34. The van der Waals surface area contributed by atoms with Crippen LogP contribution in [0.15, 0.2) is 30.3 Å². The number of fused-ring (bicyclic) bond motifs is 1. The van der Waals surface area contributed by atoms with E-state index in [0.29, 0.717) is 23.5 Å². The van der Waals surface area contributed by atoms with E-state index in [2.05, 4.69) is 29.7 Å². The molecule has 0 unspecified atom stereocenters. The molecule has 0 saturated heterocycles. The molecule has 23 heavy (non-hydrogen) atoms. The fourth-order valence-electron chi connectivity index (χ4n) is 2.42. The van der Waals surface area contributed by atoms with Crippen molar-refractivity contribution >= 4 is 34.5 Å². The van der Waals surface area contributed by atoms with Gasteiger partial charge in [-0.1, -0.05) is 0 Å². The highest BCUT2D eigenvalue weighted by Crippen LogP contribution is 2.30. The van der Waals surface area contributed by atoms with Gasteiger partial charge in [0.15, 0.2) is 6.61 Å². The Kier molecular flexibility index (Phi) is 4.62. The highest BCUT2D eigenvalue weighted by atomic mass is 32.1. The number of benzene rings is 1. The second-order valence-corrected chi connectivity index (χ2v) is 6.83. The second kappa shape index (κ2) is 6.83. The maximum Gasteiger partial charge on any atom is 0.262 e. The third-order valence-electron chi connectivity index (χ3n) is 3.52. The minimum absolute atomic E-state index is 0.00459. The summed E-state index contributed by atoms with van der Waals surface area (Å²) in [5, 5.41) is 5.59. The lowest BCUT2D eigenvalue weighted by molar-refractivity contribution is -0.118. The molecule has 2 N–H and O–H groups in total. The predicted molar refractivity (Wildman–Crippen MR) is 91.2 cm³/mol. The Morgan fingerprint density at radius 1 is 1.35 bits per heavy atom. The van der Waals surface area contributed by atoms with Gasteiger partial charge in [0.25, 0.3) is 5.91 Å². The van der Waals surface area contributed by atoms with E-state index in [9.17, 15) is 9.59 Å². The Hall–Kier alpha value is -2.34. The Bertz CT molecular complexity index is 739. The summed E-state index contributed by atoms with van der Waals surface area (Å²) in [6, 6.07) is 9.44. The molecule has 3 rings (SSSR count).